The monoisotopic (exact) mass is 403 g/mol. The highest BCUT2D eigenvalue weighted by molar-refractivity contribution is 7.12. The second-order valence-electron chi connectivity index (χ2n) is 7.45. The first-order valence-electron chi connectivity index (χ1n) is 9.87. The molecule has 1 saturated heterocycles. The molecule has 1 aromatic rings. The van der Waals surface area contributed by atoms with Crippen molar-refractivity contribution in [1.29, 1.82) is 0 Å². The van der Waals surface area contributed by atoms with Gasteiger partial charge in [-0.1, -0.05) is 0 Å². The van der Waals surface area contributed by atoms with Gasteiger partial charge in [-0.3, -0.25) is 9.59 Å². The van der Waals surface area contributed by atoms with Gasteiger partial charge in [0.15, 0.2) is 0 Å². The van der Waals surface area contributed by atoms with Crippen molar-refractivity contribution in [2.24, 2.45) is 5.92 Å². The Morgan fingerprint density at radius 1 is 1.29 bits per heavy atom. The number of ether oxygens (including phenoxy) is 1. The largest absolute Gasteiger partial charge is 0.379 e. The molecule has 2 fully saturated rings. The Morgan fingerprint density at radius 3 is 2.71 bits per heavy atom. The third-order valence-electron chi connectivity index (χ3n) is 4.90. The Labute approximate surface area is 170 Å². The summed E-state index contributed by atoms with van der Waals surface area (Å²) in [5.41, 5.74) is 2.94. The van der Waals surface area contributed by atoms with E-state index < -0.39 is 0 Å². The number of carbonyl (C=O) groups is 2. The lowest BCUT2D eigenvalue weighted by Crippen LogP contribution is -2.34. The van der Waals surface area contributed by atoms with Crippen LogP contribution in [0.3, 0.4) is 0 Å². The van der Waals surface area contributed by atoms with Gasteiger partial charge in [-0.15, -0.1) is 11.3 Å². The van der Waals surface area contributed by atoms with Crippen molar-refractivity contribution in [3.8, 4) is 0 Å². The average molecular weight is 404 g/mol. The molecule has 0 aromatic carbocycles. The molecule has 2 N–H and O–H groups in total. The van der Waals surface area contributed by atoms with Crippen LogP contribution in [0.1, 0.15) is 55.3 Å². The van der Waals surface area contributed by atoms with Gasteiger partial charge in [-0.2, -0.15) is 0 Å². The van der Waals surface area contributed by atoms with Crippen LogP contribution in [0.5, 0.6) is 0 Å². The maximum absolute atomic E-state index is 12.4. The highest BCUT2D eigenvalue weighted by Crippen LogP contribution is 2.29. The van der Waals surface area contributed by atoms with E-state index in [1.54, 1.807) is 0 Å². The molecular formula is C21H29N3O3S. The number of amides is 2. The maximum Gasteiger partial charge on any atom is 0.261 e. The molecular weight excluding hydrogens is 374 g/mol. The topological polar surface area (TPSA) is 70.7 Å². The van der Waals surface area contributed by atoms with Gasteiger partial charge in [0.2, 0.25) is 5.91 Å². The fourth-order valence-corrected chi connectivity index (χ4v) is 3.90. The summed E-state index contributed by atoms with van der Waals surface area (Å²) in [5.74, 6) is 0.277. The van der Waals surface area contributed by atoms with Crippen LogP contribution in [0.4, 0.5) is 0 Å². The summed E-state index contributed by atoms with van der Waals surface area (Å²) in [6.07, 6.45) is 6.86. The Kier molecular flexibility index (Phi) is 6.91. The SMILES string of the molecule is CCN(C=C(C)NC(=O)C1CC1)C=C(C)c1csc(C(=O)NC2CCOC2)c1. The number of allylic oxidation sites excluding steroid dienone is 2. The predicted octanol–water partition coefficient (Wildman–Crippen LogP) is 3.34. The summed E-state index contributed by atoms with van der Waals surface area (Å²) < 4.78 is 5.31. The van der Waals surface area contributed by atoms with E-state index in [9.17, 15) is 9.59 Å². The van der Waals surface area contributed by atoms with Crippen LogP contribution in [0.15, 0.2) is 29.5 Å². The standard InChI is InChI=1S/C21H29N3O3S/c1-4-24(11-15(3)22-20(25)16-5-6-16)10-14(2)17-9-19(28-13-17)21(26)23-18-7-8-27-12-18/h9-11,13,16,18H,4-8,12H2,1-3H3,(H,22,25)(H,23,26). The lowest BCUT2D eigenvalue weighted by Gasteiger charge is -2.16. The molecule has 1 aliphatic carbocycles. The smallest absolute Gasteiger partial charge is 0.261 e. The van der Waals surface area contributed by atoms with Gasteiger partial charge in [0.25, 0.3) is 5.91 Å². The minimum Gasteiger partial charge on any atom is -0.379 e. The van der Waals surface area contributed by atoms with Crippen LogP contribution in [0, 0.1) is 5.92 Å². The Morgan fingerprint density at radius 2 is 2.07 bits per heavy atom. The molecule has 6 nitrogen and oxygen atoms in total. The number of rotatable bonds is 8. The molecule has 0 radical (unpaired) electrons. The van der Waals surface area contributed by atoms with E-state index >= 15 is 0 Å². The third-order valence-corrected chi connectivity index (χ3v) is 5.83. The molecule has 1 atom stereocenters. The van der Waals surface area contributed by atoms with Crippen molar-refractivity contribution in [2.75, 3.05) is 19.8 Å². The molecule has 0 spiro atoms. The number of hydrogen-bond acceptors (Lipinski definition) is 5. The molecule has 1 saturated carbocycles. The van der Waals surface area contributed by atoms with Gasteiger partial charge in [0.1, 0.15) is 0 Å². The fraction of sp³-hybridized carbons (Fsp3) is 0.524. The van der Waals surface area contributed by atoms with Crippen LogP contribution in [0.25, 0.3) is 5.57 Å². The third kappa shape index (κ3) is 5.69. The maximum atomic E-state index is 12.4. The van der Waals surface area contributed by atoms with Gasteiger partial charge in [0, 0.05) is 37.2 Å². The number of carbonyl (C=O) groups excluding carboxylic acids is 2. The van der Waals surface area contributed by atoms with E-state index in [-0.39, 0.29) is 23.8 Å². The van der Waals surface area contributed by atoms with E-state index in [1.807, 2.05) is 42.6 Å². The molecule has 2 aliphatic rings. The summed E-state index contributed by atoms with van der Waals surface area (Å²) in [4.78, 5) is 27.0. The summed E-state index contributed by atoms with van der Waals surface area (Å²) in [6.45, 7) is 8.09. The summed E-state index contributed by atoms with van der Waals surface area (Å²) >= 11 is 1.45. The van der Waals surface area contributed by atoms with Crippen LogP contribution < -0.4 is 10.6 Å². The molecule has 0 bridgehead atoms. The molecule has 1 aromatic heterocycles. The van der Waals surface area contributed by atoms with Crippen molar-refractivity contribution in [3.05, 3.63) is 40.0 Å². The number of hydrogen-bond donors (Lipinski definition) is 2. The van der Waals surface area contributed by atoms with Gasteiger partial charge in [-0.25, -0.2) is 0 Å². The molecule has 28 heavy (non-hydrogen) atoms. The number of thiophene rings is 1. The van der Waals surface area contributed by atoms with Crippen molar-refractivity contribution in [1.82, 2.24) is 15.5 Å². The van der Waals surface area contributed by atoms with Gasteiger partial charge in [0.05, 0.1) is 17.5 Å². The van der Waals surface area contributed by atoms with E-state index in [0.717, 1.165) is 42.6 Å². The van der Waals surface area contributed by atoms with Crippen LogP contribution in [0.2, 0.25) is 0 Å². The van der Waals surface area contributed by atoms with Gasteiger partial charge >= 0.3 is 0 Å². The van der Waals surface area contributed by atoms with E-state index in [1.165, 1.54) is 11.3 Å². The summed E-state index contributed by atoms with van der Waals surface area (Å²) in [5, 5.41) is 7.99. The Balaban J connectivity index is 1.61. The molecule has 1 aliphatic heterocycles. The van der Waals surface area contributed by atoms with Crippen LogP contribution >= 0.6 is 11.3 Å². The van der Waals surface area contributed by atoms with Crippen molar-refractivity contribution < 1.29 is 14.3 Å². The Bertz CT molecular complexity index is 774. The predicted molar refractivity (Wildman–Crippen MR) is 112 cm³/mol. The lowest BCUT2D eigenvalue weighted by molar-refractivity contribution is -0.121. The molecule has 2 amide bonds. The van der Waals surface area contributed by atoms with E-state index in [2.05, 4.69) is 17.6 Å². The van der Waals surface area contributed by atoms with E-state index in [4.69, 9.17) is 4.74 Å². The zero-order valence-corrected chi connectivity index (χ0v) is 17.6. The lowest BCUT2D eigenvalue weighted by atomic mass is 10.1. The molecule has 2 heterocycles. The first kappa shape index (κ1) is 20.6. The first-order valence-corrected chi connectivity index (χ1v) is 10.7. The second kappa shape index (κ2) is 9.39. The summed E-state index contributed by atoms with van der Waals surface area (Å²) in [7, 11) is 0. The minimum atomic E-state index is -0.0366. The van der Waals surface area contributed by atoms with E-state index in [0.29, 0.717) is 18.1 Å². The fourth-order valence-electron chi connectivity index (χ4n) is 3.03. The van der Waals surface area contributed by atoms with Crippen molar-refractivity contribution in [3.63, 3.8) is 0 Å². The van der Waals surface area contributed by atoms with Crippen molar-refractivity contribution in [2.45, 2.75) is 46.1 Å². The van der Waals surface area contributed by atoms with Crippen LogP contribution in [-0.2, 0) is 9.53 Å². The highest BCUT2D eigenvalue weighted by Gasteiger charge is 2.29. The number of nitrogens with one attached hydrogen (secondary N) is 2. The highest BCUT2D eigenvalue weighted by atomic mass is 32.1. The normalized spacial score (nSPS) is 20.2. The first-order chi connectivity index (χ1) is 13.5. The average Bonchev–Trinajstić information content (AvgIpc) is 3.17. The van der Waals surface area contributed by atoms with Crippen molar-refractivity contribution >= 4 is 28.7 Å². The van der Waals surface area contributed by atoms with Gasteiger partial charge in [-0.05, 0) is 62.6 Å². The second-order valence-corrected chi connectivity index (χ2v) is 8.36. The molecule has 1 unspecified atom stereocenters. The molecule has 7 heteroatoms. The zero-order chi connectivity index (χ0) is 20.1. The molecule has 3 rings (SSSR count). The number of nitrogens with zero attached hydrogens (tertiary/aromatic N) is 1. The van der Waals surface area contributed by atoms with Crippen LogP contribution in [-0.4, -0.2) is 42.5 Å². The summed E-state index contributed by atoms with van der Waals surface area (Å²) in [6, 6.07) is 2.05. The molecule has 152 valence electrons. The quantitative estimate of drug-likeness (QED) is 0.698. The van der Waals surface area contributed by atoms with Gasteiger partial charge < -0.3 is 20.3 Å². The Hall–Kier alpha value is -2.12. The zero-order valence-electron chi connectivity index (χ0n) is 16.8. The minimum absolute atomic E-state index is 0.0366.